The molecular weight excluding hydrogens is 218 g/mol. The van der Waals surface area contributed by atoms with Crippen molar-refractivity contribution in [3.8, 4) is 0 Å². The Hall–Kier alpha value is -0.940. The molecule has 2 rings (SSSR count). The molecular formula is C12H21N3O2. The summed E-state index contributed by atoms with van der Waals surface area (Å²) in [5.41, 5.74) is 0. The van der Waals surface area contributed by atoms with Crippen molar-refractivity contribution in [2.75, 3.05) is 39.8 Å². The Morgan fingerprint density at radius 2 is 2.24 bits per heavy atom. The largest absolute Gasteiger partial charge is 0.331 e. The number of likely N-dealkylation sites (N-methyl/N-ethyl adjacent to an activating group) is 2. The SMILES string of the molecule is CCNCC(=O)N1CC2CC1C(=O)CN(C)C2. The molecule has 17 heavy (non-hydrogen) atoms. The standard InChI is InChI=1S/C12H21N3O2/c1-3-13-5-12(17)15-7-9-4-10(15)11(16)8-14(2)6-9/h9-10,13H,3-8H2,1-2H3. The zero-order valence-corrected chi connectivity index (χ0v) is 10.6. The fourth-order valence-corrected chi connectivity index (χ4v) is 2.85. The van der Waals surface area contributed by atoms with Crippen LogP contribution in [0.5, 0.6) is 0 Å². The Morgan fingerprint density at radius 1 is 1.47 bits per heavy atom. The van der Waals surface area contributed by atoms with Gasteiger partial charge >= 0.3 is 0 Å². The fourth-order valence-electron chi connectivity index (χ4n) is 2.85. The molecule has 2 atom stereocenters. The Labute approximate surface area is 102 Å². The molecule has 2 fully saturated rings. The molecule has 2 unspecified atom stereocenters. The predicted octanol–water partition coefficient (Wildman–Crippen LogP) is -0.672. The van der Waals surface area contributed by atoms with Crippen molar-refractivity contribution in [2.45, 2.75) is 19.4 Å². The van der Waals surface area contributed by atoms with E-state index in [4.69, 9.17) is 0 Å². The fraction of sp³-hybridized carbons (Fsp3) is 0.833. The molecule has 2 bridgehead atoms. The van der Waals surface area contributed by atoms with Gasteiger partial charge in [-0.2, -0.15) is 0 Å². The number of nitrogens with one attached hydrogen (secondary N) is 1. The molecule has 0 aliphatic carbocycles. The summed E-state index contributed by atoms with van der Waals surface area (Å²) in [4.78, 5) is 27.8. The Kier molecular flexibility index (Phi) is 3.79. The van der Waals surface area contributed by atoms with E-state index in [-0.39, 0.29) is 17.7 Å². The maximum Gasteiger partial charge on any atom is 0.237 e. The van der Waals surface area contributed by atoms with Crippen molar-refractivity contribution in [1.82, 2.24) is 15.1 Å². The lowest BCUT2D eigenvalue weighted by molar-refractivity contribution is -0.137. The van der Waals surface area contributed by atoms with Crippen molar-refractivity contribution in [1.29, 1.82) is 0 Å². The molecule has 1 amide bonds. The molecule has 2 heterocycles. The molecule has 1 N–H and O–H groups in total. The molecule has 2 saturated heterocycles. The first kappa shape index (κ1) is 12.5. The molecule has 0 aromatic rings. The number of Topliss-reactive ketones (excluding diaryl/α,β-unsaturated/α-hetero) is 1. The third-order valence-electron chi connectivity index (χ3n) is 3.60. The van der Waals surface area contributed by atoms with E-state index in [9.17, 15) is 9.59 Å². The van der Waals surface area contributed by atoms with Gasteiger partial charge in [0.1, 0.15) is 0 Å². The lowest BCUT2D eigenvalue weighted by Crippen LogP contribution is -2.48. The van der Waals surface area contributed by atoms with Crippen LogP contribution in [0.4, 0.5) is 0 Å². The molecule has 0 aromatic heterocycles. The van der Waals surface area contributed by atoms with Gasteiger partial charge in [0.15, 0.2) is 5.78 Å². The summed E-state index contributed by atoms with van der Waals surface area (Å²) in [7, 11) is 1.98. The van der Waals surface area contributed by atoms with Crippen LogP contribution in [0, 0.1) is 5.92 Å². The van der Waals surface area contributed by atoms with Crippen LogP contribution in [-0.2, 0) is 9.59 Å². The van der Waals surface area contributed by atoms with Gasteiger partial charge in [-0.25, -0.2) is 0 Å². The van der Waals surface area contributed by atoms with Gasteiger partial charge in [-0.1, -0.05) is 6.92 Å². The van der Waals surface area contributed by atoms with Gasteiger partial charge in [-0.15, -0.1) is 0 Å². The highest BCUT2D eigenvalue weighted by Gasteiger charge is 2.41. The van der Waals surface area contributed by atoms with Gasteiger partial charge in [-0.05, 0) is 25.9 Å². The van der Waals surface area contributed by atoms with E-state index in [2.05, 4.69) is 10.2 Å². The van der Waals surface area contributed by atoms with Crippen molar-refractivity contribution < 1.29 is 9.59 Å². The minimum Gasteiger partial charge on any atom is -0.331 e. The van der Waals surface area contributed by atoms with E-state index in [1.165, 1.54) is 0 Å². The molecule has 0 radical (unpaired) electrons. The number of nitrogens with zero attached hydrogens (tertiary/aromatic N) is 2. The maximum absolute atomic E-state index is 12.0. The summed E-state index contributed by atoms with van der Waals surface area (Å²) in [5.74, 6) is 0.719. The Balaban J connectivity index is 2.02. The second-order valence-corrected chi connectivity index (χ2v) is 5.11. The van der Waals surface area contributed by atoms with Crippen LogP contribution in [0.3, 0.4) is 0 Å². The van der Waals surface area contributed by atoms with E-state index < -0.39 is 0 Å². The van der Waals surface area contributed by atoms with E-state index in [1.807, 2.05) is 14.0 Å². The third-order valence-corrected chi connectivity index (χ3v) is 3.60. The van der Waals surface area contributed by atoms with Gasteiger partial charge in [0.25, 0.3) is 0 Å². The quantitative estimate of drug-likeness (QED) is 0.709. The molecule has 96 valence electrons. The summed E-state index contributed by atoms with van der Waals surface area (Å²) in [6, 6.07) is -0.170. The summed E-state index contributed by atoms with van der Waals surface area (Å²) >= 11 is 0. The molecule has 0 aromatic carbocycles. The number of fused-ring (bicyclic) bond motifs is 2. The number of carbonyl (C=O) groups excluding carboxylic acids is 2. The second kappa shape index (κ2) is 5.14. The molecule has 0 saturated carbocycles. The summed E-state index contributed by atoms with van der Waals surface area (Å²) in [6.07, 6.45) is 0.848. The first-order valence-corrected chi connectivity index (χ1v) is 6.33. The van der Waals surface area contributed by atoms with Gasteiger partial charge in [0, 0.05) is 13.1 Å². The van der Waals surface area contributed by atoms with Crippen LogP contribution < -0.4 is 5.32 Å². The average molecular weight is 239 g/mol. The van der Waals surface area contributed by atoms with E-state index in [1.54, 1.807) is 4.90 Å². The van der Waals surface area contributed by atoms with Crippen LogP contribution >= 0.6 is 0 Å². The van der Waals surface area contributed by atoms with Crippen molar-refractivity contribution in [3.63, 3.8) is 0 Å². The lowest BCUT2D eigenvalue weighted by atomic mass is 10.1. The second-order valence-electron chi connectivity index (χ2n) is 5.11. The molecule has 0 spiro atoms. The van der Waals surface area contributed by atoms with Crippen molar-refractivity contribution in [2.24, 2.45) is 5.92 Å². The Bertz CT molecular complexity index is 319. The highest BCUT2D eigenvalue weighted by molar-refractivity contribution is 5.91. The maximum atomic E-state index is 12.0. The normalized spacial score (nSPS) is 29.5. The van der Waals surface area contributed by atoms with Crippen LogP contribution in [0.1, 0.15) is 13.3 Å². The predicted molar refractivity (Wildman–Crippen MR) is 64.7 cm³/mol. The number of carbonyl (C=O) groups is 2. The molecule has 2 aliphatic heterocycles. The number of hydrogen-bond donors (Lipinski definition) is 1. The smallest absolute Gasteiger partial charge is 0.237 e. The minimum atomic E-state index is -0.170. The van der Waals surface area contributed by atoms with Gasteiger partial charge < -0.3 is 10.2 Å². The summed E-state index contributed by atoms with van der Waals surface area (Å²) in [6.45, 7) is 5.25. The number of ketones is 1. The summed E-state index contributed by atoms with van der Waals surface area (Å²) in [5, 5.41) is 3.03. The number of rotatable bonds is 3. The molecule has 5 heteroatoms. The van der Waals surface area contributed by atoms with Crippen LogP contribution in [0.2, 0.25) is 0 Å². The highest BCUT2D eigenvalue weighted by Crippen LogP contribution is 2.27. The zero-order chi connectivity index (χ0) is 12.4. The van der Waals surface area contributed by atoms with Crippen LogP contribution in [-0.4, -0.2) is 67.3 Å². The van der Waals surface area contributed by atoms with E-state index in [0.717, 1.165) is 26.1 Å². The number of amides is 1. The van der Waals surface area contributed by atoms with Crippen molar-refractivity contribution in [3.05, 3.63) is 0 Å². The lowest BCUT2D eigenvalue weighted by Gasteiger charge is -2.27. The van der Waals surface area contributed by atoms with Crippen molar-refractivity contribution >= 4 is 11.7 Å². The van der Waals surface area contributed by atoms with Gasteiger partial charge in [0.05, 0.1) is 19.1 Å². The molecule has 5 nitrogen and oxygen atoms in total. The zero-order valence-electron chi connectivity index (χ0n) is 10.6. The van der Waals surface area contributed by atoms with Gasteiger partial charge in [-0.3, -0.25) is 14.5 Å². The average Bonchev–Trinajstić information content (AvgIpc) is 2.62. The highest BCUT2D eigenvalue weighted by atomic mass is 16.2. The first-order chi connectivity index (χ1) is 8.11. The Morgan fingerprint density at radius 3 is 2.94 bits per heavy atom. The van der Waals surface area contributed by atoms with Crippen LogP contribution in [0.25, 0.3) is 0 Å². The minimum absolute atomic E-state index is 0.0669. The topological polar surface area (TPSA) is 52.7 Å². The third kappa shape index (κ3) is 2.66. The number of hydrogen-bond acceptors (Lipinski definition) is 4. The van der Waals surface area contributed by atoms with Crippen LogP contribution in [0.15, 0.2) is 0 Å². The first-order valence-electron chi connectivity index (χ1n) is 6.33. The van der Waals surface area contributed by atoms with Gasteiger partial charge in [0.2, 0.25) is 5.91 Å². The monoisotopic (exact) mass is 239 g/mol. The van der Waals surface area contributed by atoms with E-state index in [0.29, 0.717) is 19.0 Å². The van der Waals surface area contributed by atoms with E-state index >= 15 is 0 Å². The molecule has 2 aliphatic rings. The summed E-state index contributed by atoms with van der Waals surface area (Å²) < 4.78 is 0. The number of likely N-dealkylation sites (tertiary alicyclic amines) is 2.